The first-order valence-corrected chi connectivity index (χ1v) is 16.6. The van der Waals surface area contributed by atoms with Crippen LogP contribution in [0.2, 0.25) is 0 Å². The van der Waals surface area contributed by atoms with Crippen molar-refractivity contribution in [2.45, 2.75) is 129 Å². The highest BCUT2D eigenvalue weighted by molar-refractivity contribution is 7.51. The summed E-state index contributed by atoms with van der Waals surface area (Å²) in [4.78, 5) is 37.5. The Labute approximate surface area is 234 Å². The number of aromatic amines is 1. The smallest absolute Gasteiger partial charge is 0.328 e. The SMILES string of the molecule is CCCCCCCCCCCCCCCCCCOCOP(=O)([O-])CO[C@H](CO)Cn1cc(C)c(=O)[nH]c1=O. The number of hydrogen-bond donors (Lipinski definition) is 2. The van der Waals surface area contributed by atoms with Gasteiger partial charge in [0.15, 0.2) is 14.4 Å². The lowest BCUT2D eigenvalue weighted by Crippen LogP contribution is -2.36. The Hall–Kier alpha value is -1.29. The molecular formula is C28H52N2O8P-. The molecule has 0 aliphatic carbocycles. The number of hydrogen-bond acceptors (Lipinski definition) is 8. The average Bonchev–Trinajstić information content (AvgIpc) is 2.90. The molecule has 0 fully saturated rings. The number of aromatic nitrogens is 2. The van der Waals surface area contributed by atoms with E-state index in [1.54, 1.807) is 0 Å². The zero-order chi connectivity index (χ0) is 28.8. The van der Waals surface area contributed by atoms with Crippen molar-refractivity contribution in [3.8, 4) is 0 Å². The number of rotatable bonds is 26. The van der Waals surface area contributed by atoms with E-state index in [9.17, 15) is 24.2 Å². The molecule has 0 radical (unpaired) electrons. The molecule has 10 nitrogen and oxygen atoms in total. The van der Waals surface area contributed by atoms with Crippen LogP contribution in [0.4, 0.5) is 0 Å². The van der Waals surface area contributed by atoms with Crippen LogP contribution in [-0.4, -0.2) is 47.1 Å². The molecule has 0 saturated heterocycles. The summed E-state index contributed by atoms with van der Waals surface area (Å²) < 4.78 is 28.5. The van der Waals surface area contributed by atoms with Crippen LogP contribution in [0.1, 0.15) is 115 Å². The summed E-state index contributed by atoms with van der Waals surface area (Å²) in [6.07, 6.45) is 20.2. The number of ether oxygens (including phenoxy) is 2. The summed E-state index contributed by atoms with van der Waals surface area (Å²) in [5.74, 6) is 0. The van der Waals surface area contributed by atoms with Gasteiger partial charge in [0.05, 0.1) is 19.3 Å². The highest BCUT2D eigenvalue weighted by atomic mass is 31.2. The molecule has 0 aromatic carbocycles. The number of aliphatic hydroxyl groups is 1. The number of aryl methyl sites for hydroxylation is 1. The Morgan fingerprint density at radius 3 is 1.95 bits per heavy atom. The Balaban J connectivity index is 1.99. The molecule has 2 N–H and O–H groups in total. The zero-order valence-corrected chi connectivity index (χ0v) is 25.1. The summed E-state index contributed by atoms with van der Waals surface area (Å²) in [6.45, 7) is 3.19. The Morgan fingerprint density at radius 2 is 1.44 bits per heavy atom. The van der Waals surface area contributed by atoms with Gasteiger partial charge in [-0.25, -0.2) is 4.79 Å². The monoisotopic (exact) mass is 575 g/mol. The molecule has 11 heteroatoms. The van der Waals surface area contributed by atoms with E-state index in [1.165, 1.54) is 96.6 Å². The Morgan fingerprint density at radius 1 is 0.923 bits per heavy atom. The average molecular weight is 576 g/mol. The van der Waals surface area contributed by atoms with E-state index in [1.807, 2.05) is 0 Å². The Bertz CT molecular complexity index is 904. The minimum absolute atomic E-state index is 0.122. The first-order valence-electron chi connectivity index (χ1n) is 14.8. The van der Waals surface area contributed by atoms with E-state index in [0.29, 0.717) is 12.2 Å². The number of H-pyrrole nitrogens is 1. The van der Waals surface area contributed by atoms with Crippen molar-refractivity contribution in [2.75, 3.05) is 26.4 Å². The molecule has 0 saturated carbocycles. The zero-order valence-electron chi connectivity index (χ0n) is 24.2. The Kier molecular flexibility index (Phi) is 20.5. The minimum Gasteiger partial charge on any atom is -0.777 e. The molecular weight excluding hydrogens is 523 g/mol. The normalized spacial score (nSPS) is 13.9. The number of unbranched alkanes of at least 4 members (excludes halogenated alkanes) is 15. The lowest BCUT2D eigenvalue weighted by molar-refractivity contribution is -0.213. The maximum atomic E-state index is 12.1. The number of aliphatic hydroxyl groups excluding tert-OH is 1. The standard InChI is InChI=1S/C28H53N2O8P/c1-3-4-5-6-7-8-9-10-11-12-13-14-15-16-17-18-19-36-23-38-39(34,35)24-37-26(22-31)21-30-20-25(2)27(32)29-28(30)33/h20,26,31H,3-19,21-24H2,1-2H3,(H,34,35)(H,29,32,33)/p-1/t26-/m0/s1. The molecule has 228 valence electrons. The van der Waals surface area contributed by atoms with Gasteiger partial charge in [0, 0.05) is 18.4 Å². The molecule has 0 amide bonds. The van der Waals surface area contributed by atoms with E-state index < -0.39 is 37.9 Å². The predicted octanol–water partition coefficient (Wildman–Crippen LogP) is 4.99. The quantitative estimate of drug-likeness (QED) is 0.0894. The summed E-state index contributed by atoms with van der Waals surface area (Å²) in [5.41, 5.74) is -0.864. The van der Waals surface area contributed by atoms with E-state index in [2.05, 4.69) is 11.9 Å². The van der Waals surface area contributed by atoms with Crippen LogP contribution >= 0.6 is 7.60 Å². The maximum Gasteiger partial charge on any atom is 0.328 e. The van der Waals surface area contributed by atoms with Crippen LogP contribution in [0.3, 0.4) is 0 Å². The van der Waals surface area contributed by atoms with E-state index >= 15 is 0 Å². The molecule has 0 bridgehead atoms. The topological polar surface area (TPSA) is 143 Å². The van der Waals surface area contributed by atoms with Gasteiger partial charge < -0.3 is 28.6 Å². The highest BCUT2D eigenvalue weighted by Gasteiger charge is 2.16. The second kappa shape index (κ2) is 22.4. The third-order valence-corrected chi connectivity index (χ3v) is 7.70. The van der Waals surface area contributed by atoms with Crippen LogP contribution in [-0.2, 0) is 25.1 Å². The molecule has 1 heterocycles. The van der Waals surface area contributed by atoms with Gasteiger partial charge >= 0.3 is 5.69 Å². The largest absolute Gasteiger partial charge is 0.777 e. The van der Waals surface area contributed by atoms with Gasteiger partial charge in [0.2, 0.25) is 0 Å². The van der Waals surface area contributed by atoms with Gasteiger partial charge in [-0.05, 0) is 13.3 Å². The fourth-order valence-electron chi connectivity index (χ4n) is 4.30. The molecule has 0 spiro atoms. The lowest BCUT2D eigenvalue weighted by atomic mass is 10.0. The third-order valence-electron chi connectivity index (χ3n) is 6.74. The van der Waals surface area contributed by atoms with E-state index in [-0.39, 0.29) is 13.3 Å². The van der Waals surface area contributed by atoms with Gasteiger partial charge in [0.1, 0.15) is 6.35 Å². The van der Waals surface area contributed by atoms with Gasteiger partial charge in [0.25, 0.3) is 5.56 Å². The highest BCUT2D eigenvalue weighted by Crippen LogP contribution is 2.37. The summed E-state index contributed by atoms with van der Waals surface area (Å²) in [6, 6.07) is 0. The molecule has 0 aliphatic heterocycles. The minimum atomic E-state index is -4.34. The van der Waals surface area contributed by atoms with Crippen molar-refractivity contribution in [2.24, 2.45) is 0 Å². The number of nitrogens with zero attached hydrogens (tertiary/aromatic N) is 1. The summed E-state index contributed by atoms with van der Waals surface area (Å²) in [7, 11) is -4.34. The van der Waals surface area contributed by atoms with Crippen molar-refractivity contribution in [1.29, 1.82) is 0 Å². The molecule has 0 aliphatic rings. The van der Waals surface area contributed by atoms with Gasteiger partial charge in [-0.15, -0.1) is 0 Å². The van der Waals surface area contributed by atoms with Crippen molar-refractivity contribution in [3.63, 3.8) is 0 Å². The fourth-order valence-corrected chi connectivity index (χ4v) is 5.00. The van der Waals surface area contributed by atoms with Crippen LogP contribution in [0.25, 0.3) is 0 Å². The molecule has 2 atom stereocenters. The second-order valence-electron chi connectivity index (χ2n) is 10.4. The second-order valence-corrected chi connectivity index (χ2v) is 12.1. The van der Waals surface area contributed by atoms with Crippen molar-refractivity contribution >= 4 is 7.60 Å². The van der Waals surface area contributed by atoms with Crippen LogP contribution in [0.5, 0.6) is 0 Å². The van der Waals surface area contributed by atoms with E-state index in [4.69, 9.17) is 14.0 Å². The fraction of sp³-hybridized carbons (Fsp3) is 0.857. The van der Waals surface area contributed by atoms with Crippen LogP contribution in [0, 0.1) is 6.92 Å². The van der Waals surface area contributed by atoms with E-state index in [0.717, 1.165) is 23.8 Å². The first kappa shape index (κ1) is 35.7. The van der Waals surface area contributed by atoms with Crippen molar-refractivity contribution < 1.29 is 28.6 Å². The molecule has 1 unspecified atom stereocenters. The maximum absolute atomic E-state index is 12.1. The molecule has 1 aromatic rings. The van der Waals surface area contributed by atoms with Gasteiger partial charge in [-0.3, -0.25) is 14.3 Å². The first-order chi connectivity index (χ1) is 18.8. The van der Waals surface area contributed by atoms with Crippen LogP contribution in [0.15, 0.2) is 15.8 Å². The van der Waals surface area contributed by atoms with Crippen molar-refractivity contribution in [3.05, 3.63) is 32.6 Å². The lowest BCUT2D eigenvalue weighted by Gasteiger charge is -2.25. The molecule has 39 heavy (non-hydrogen) atoms. The molecule has 1 aromatic heterocycles. The molecule has 1 rings (SSSR count). The van der Waals surface area contributed by atoms with Crippen molar-refractivity contribution in [1.82, 2.24) is 9.55 Å². The number of nitrogens with one attached hydrogen (secondary N) is 1. The summed E-state index contributed by atoms with van der Waals surface area (Å²) >= 11 is 0. The third kappa shape index (κ3) is 18.6. The van der Waals surface area contributed by atoms with Gasteiger partial charge in [-0.1, -0.05) is 103 Å². The summed E-state index contributed by atoms with van der Waals surface area (Å²) in [5, 5.41) is 9.47. The van der Waals surface area contributed by atoms with Crippen LogP contribution < -0.4 is 16.1 Å². The van der Waals surface area contributed by atoms with Gasteiger partial charge in [-0.2, -0.15) is 0 Å². The predicted molar refractivity (Wildman–Crippen MR) is 152 cm³/mol.